The summed E-state index contributed by atoms with van der Waals surface area (Å²) in [6.07, 6.45) is 1.94. The number of carbonyl (C=O) groups excluding carboxylic acids is 1. The Hall–Kier alpha value is -5.60. The Morgan fingerprint density at radius 1 is 0.542 bits per heavy atom. The van der Waals surface area contributed by atoms with Gasteiger partial charge in [-0.15, -0.1) is 0 Å². The summed E-state index contributed by atoms with van der Waals surface area (Å²) in [5.74, 6) is -1.73. The minimum Gasteiger partial charge on any atom is -0.468 e. The predicted octanol–water partition coefficient (Wildman–Crippen LogP) is 9.63. The third-order valence-corrected chi connectivity index (χ3v) is 10.6. The van der Waals surface area contributed by atoms with Crippen molar-refractivity contribution in [3.05, 3.63) is 126 Å². The van der Waals surface area contributed by atoms with Gasteiger partial charge in [0, 0.05) is 16.4 Å². The second-order valence-corrected chi connectivity index (χ2v) is 14.7. The number of rotatable bonds is 20. The molecule has 7 rings (SSSR count). The summed E-state index contributed by atoms with van der Waals surface area (Å²) in [7, 11) is 0. The van der Waals surface area contributed by atoms with E-state index in [2.05, 4.69) is 13.8 Å². The van der Waals surface area contributed by atoms with E-state index in [1.807, 2.05) is 0 Å². The lowest BCUT2D eigenvalue weighted by molar-refractivity contribution is -0.162. The first-order chi connectivity index (χ1) is 28.7. The Bertz CT molecular complexity index is 2180. The van der Waals surface area contributed by atoms with Crippen LogP contribution in [0.1, 0.15) is 37.0 Å². The minimum absolute atomic E-state index is 0.0436. The van der Waals surface area contributed by atoms with Crippen molar-refractivity contribution in [2.45, 2.75) is 26.7 Å². The van der Waals surface area contributed by atoms with Gasteiger partial charge in [0.05, 0.1) is 45.2 Å². The number of ether oxygens (including phenoxy) is 9. The van der Waals surface area contributed by atoms with E-state index in [-0.39, 0.29) is 59.4 Å². The second-order valence-electron chi connectivity index (χ2n) is 14.7. The smallest absolute Gasteiger partial charge is 0.343 e. The van der Waals surface area contributed by atoms with E-state index >= 15 is 13.2 Å². The Morgan fingerprint density at radius 2 is 1.00 bits per heavy atom. The van der Waals surface area contributed by atoms with Crippen molar-refractivity contribution in [3.8, 4) is 51.0 Å². The molecule has 0 unspecified atom stereocenters. The van der Waals surface area contributed by atoms with E-state index in [1.54, 1.807) is 48.5 Å². The van der Waals surface area contributed by atoms with Crippen molar-refractivity contribution < 1.29 is 60.6 Å². The molecule has 10 nitrogen and oxygen atoms in total. The number of carbonyl (C=O) groups is 1. The molecule has 0 spiro atoms. The molecule has 2 heterocycles. The molecule has 5 aromatic carbocycles. The highest BCUT2D eigenvalue weighted by Crippen LogP contribution is 2.34. The maximum atomic E-state index is 15.4. The van der Waals surface area contributed by atoms with Crippen LogP contribution >= 0.6 is 0 Å². The fourth-order valence-corrected chi connectivity index (χ4v) is 6.41. The van der Waals surface area contributed by atoms with Gasteiger partial charge in [0.1, 0.15) is 23.1 Å². The van der Waals surface area contributed by atoms with Crippen LogP contribution in [0.2, 0.25) is 0 Å². The maximum Gasteiger partial charge on any atom is 0.343 e. The Kier molecular flexibility index (Phi) is 13.4. The first-order valence-electron chi connectivity index (χ1n) is 19.3. The zero-order valence-corrected chi connectivity index (χ0v) is 32.8. The summed E-state index contributed by atoms with van der Waals surface area (Å²) in [5, 5.41) is 0. The molecule has 0 bridgehead atoms. The summed E-state index contributed by atoms with van der Waals surface area (Å²) >= 11 is 0. The second kappa shape index (κ2) is 19.0. The monoisotopic (exact) mass is 814 g/mol. The summed E-state index contributed by atoms with van der Waals surface area (Å²) < 4.78 is 95.1. The summed E-state index contributed by atoms with van der Waals surface area (Å²) in [5.41, 5.74) is 1.42. The molecule has 13 heteroatoms. The van der Waals surface area contributed by atoms with Crippen molar-refractivity contribution in [1.82, 2.24) is 0 Å². The average Bonchev–Trinajstić information content (AvgIpc) is 3.22. The number of benzene rings is 5. The molecule has 0 saturated carbocycles. The van der Waals surface area contributed by atoms with E-state index in [0.717, 1.165) is 18.9 Å². The number of hydrogen-bond donors (Lipinski definition) is 0. The van der Waals surface area contributed by atoms with Crippen LogP contribution in [0.4, 0.5) is 13.2 Å². The van der Waals surface area contributed by atoms with Gasteiger partial charge in [0.2, 0.25) is 6.79 Å². The van der Waals surface area contributed by atoms with Gasteiger partial charge in [-0.1, -0.05) is 38.1 Å². The quantitative estimate of drug-likeness (QED) is 0.0327. The number of halogens is 3. The molecule has 310 valence electrons. The van der Waals surface area contributed by atoms with E-state index in [9.17, 15) is 4.79 Å². The molecule has 2 saturated heterocycles. The van der Waals surface area contributed by atoms with Crippen LogP contribution in [0, 0.1) is 28.3 Å². The van der Waals surface area contributed by atoms with Crippen LogP contribution in [-0.4, -0.2) is 66.0 Å². The summed E-state index contributed by atoms with van der Waals surface area (Å²) in [4.78, 5) is 12.8. The molecule has 5 aromatic rings. The van der Waals surface area contributed by atoms with Crippen molar-refractivity contribution in [3.63, 3.8) is 0 Å². The maximum absolute atomic E-state index is 15.4. The van der Waals surface area contributed by atoms with Crippen molar-refractivity contribution in [2.24, 2.45) is 10.8 Å². The molecule has 0 aliphatic carbocycles. The fraction of sp³-hybridized carbons (Fsp3) is 0.326. The molecule has 0 amide bonds. The van der Waals surface area contributed by atoms with E-state index in [1.165, 1.54) is 48.5 Å². The van der Waals surface area contributed by atoms with Gasteiger partial charge >= 0.3 is 5.97 Å². The summed E-state index contributed by atoms with van der Waals surface area (Å²) in [6, 6.07) is 25.4. The Labute approximate surface area is 340 Å². The SMILES string of the molecule is CCC1(COCOc2ccc(OCOc3ccc(-c4ccc(-c5ccc(OC(=O)c6ccc(OCOCC7(CC)COC7)cc6)c(F)c5)c(F)c4)cc3F)cc2)COC1. The third kappa shape index (κ3) is 10.4. The average molecular weight is 815 g/mol. The van der Waals surface area contributed by atoms with Crippen LogP contribution in [0.3, 0.4) is 0 Å². The molecule has 0 aromatic heterocycles. The van der Waals surface area contributed by atoms with Gasteiger partial charge < -0.3 is 42.6 Å². The van der Waals surface area contributed by atoms with Crippen LogP contribution in [-0.2, 0) is 18.9 Å². The first-order valence-corrected chi connectivity index (χ1v) is 19.3. The van der Waals surface area contributed by atoms with Crippen LogP contribution in [0.25, 0.3) is 22.3 Å². The molecular weight excluding hydrogens is 769 g/mol. The van der Waals surface area contributed by atoms with Crippen LogP contribution < -0.4 is 23.7 Å². The Morgan fingerprint density at radius 3 is 1.49 bits per heavy atom. The number of hydrogen-bond acceptors (Lipinski definition) is 10. The molecule has 2 fully saturated rings. The standard InChI is InChI=1S/C46H45F3O10/c1-3-45(22-51-23-45)26-53-28-55-35-10-5-31(6-11-35)44(50)59-43-18-9-34(21-41(43)49)38-16-7-32(19-39(38)47)33-8-17-42(40(48)20-33)58-30-57-37-14-12-36(13-15-37)56-29-54-27-46(4-2)24-52-25-46/h5-21H,3-4,22-30H2,1-2H3. The van der Waals surface area contributed by atoms with E-state index in [0.29, 0.717) is 68.0 Å². The molecule has 2 aliphatic rings. The van der Waals surface area contributed by atoms with E-state index in [4.69, 9.17) is 42.6 Å². The third-order valence-electron chi connectivity index (χ3n) is 10.6. The predicted molar refractivity (Wildman–Crippen MR) is 211 cm³/mol. The van der Waals surface area contributed by atoms with Crippen molar-refractivity contribution in [1.29, 1.82) is 0 Å². The van der Waals surface area contributed by atoms with Crippen LogP contribution in [0.5, 0.6) is 28.7 Å². The summed E-state index contributed by atoms with van der Waals surface area (Å²) in [6.45, 7) is 7.98. The largest absolute Gasteiger partial charge is 0.468 e. The lowest BCUT2D eigenvalue weighted by Crippen LogP contribution is -2.45. The van der Waals surface area contributed by atoms with Gasteiger partial charge in [0.15, 0.2) is 36.7 Å². The van der Waals surface area contributed by atoms with Crippen LogP contribution in [0.15, 0.2) is 103 Å². The van der Waals surface area contributed by atoms with Gasteiger partial charge in [-0.3, -0.25) is 0 Å². The lowest BCUT2D eigenvalue weighted by atomic mass is 9.84. The minimum atomic E-state index is -0.855. The van der Waals surface area contributed by atoms with Crippen molar-refractivity contribution in [2.75, 3.05) is 60.0 Å². The molecule has 59 heavy (non-hydrogen) atoms. The zero-order chi connectivity index (χ0) is 41.2. The Balaban J connectivity index is 0.868. The van der Waals surface area contributed by atoms with Gasteiger partial charge in [0.25, 0.3) is 0 Å². The molecule has 0 atom stereocenters. The highest BCUT2D eigenvalue weighted by molar-refractivity contribution is 5.91. The molecule has 2 aliphatic heterocycles. The van der Waals surface area contributed by atoms with E-state index < -0.39 is 23.4 Å². The zero-order valence-electron chi connectivity index (χ0n) is 32.8. The first kappa shape index (κ1) is 41.6. The van der Waals surface area contributed by atoms with Gasteiger partial charge in [-0.05, 0) is 108 Å². The highest BCUT2D eigenvalue weighted by Gasteiger charge is 2.37. The molecule has 0 radical (unpaired) electrons. The fourth-order valence-electron chi connectivity index (χ4n) is 6.41. The number of esters is 1. The van der Waals surface area contributed by atoms with Gasteiger partial charge in [-0.2, -0.15) is 0 Å². The van der Waals surface area contributed by atoms with Crippen molar-refractivity contribution >= 4 is 5.97 Å². The lowest BCUT2D eigenvalue weighted by Gasteiger charge is -2.40. The molecular formula is C46H45F3O10. The van der Waals surface area contributed by atoms with Gasteiger partial charge in [-0.25, -0.2) is 18.0 Å². The topological polar surface area (TPSA) is 100 Å². The molecule has 0 N–H and O–H groups in total. The highest BCUT2D eigenvalue weighted by atomic mass is 19.1. The normalized spacial score (nSPS) is 15.1.